The van der Waals surface area contributed by atoms with Crippen LogP contribution in [-0.4, -0.2) is 13.1 Å². The topological polar surface area (TPSA) is 38.0 Å². The molecule has 0 saturated heterocycles. The van der Waals surface area contributed by atoms with Gasteiger partial charge in [0.25, 0.3) is 0 Å². The van der Waals surface area contributed by atoms with E-state index in [0.29, 0.717) is 18.8 Å². The number of hydrogen-bond donors (Lipinski definition) is 2. The van der Waals surface area contributed by atoms with Crippen molar-refractivity contribution >= 4 is 5.69 Å². The molecule has 60 valence electrons. The highest BCUT2D eigenvalue weighted by atomic mass is 19.1. The van der Waals surface area contributed by atoms with Gasteiger partial charge in [-0.3, -0.25) is 0 Å². The van der Waals surface area contributed by atoms with Crippen LogP contribution >= 0.6 is 0 Å². The maximum Gasteiger partial charge on any atom is 0.146 e. The first-order valence-electron chi connectivity index (χ1n) is 3.53. The maximum atomic E-state index is 12.8. The van der Waals surface area contributed by atoms with Crippen molar-refractivity contribution in [2.75, 3.05) is 18.4 Å². The van der Waals surface area contributed by atoms with Gasteiger partial charge in [-0.1, -0.05) is 12.1 Å². The number of hydrogen-bond acceptors (Lipinski definition) is 2. The van der Waals surface area contributed by atoms with Crippen LogP contribution in [-0.2, 0) is 0 Å². The van der Waals surface area contributed by atoms with E-state index in [1.165, 1.54) is 6.07 Å². The van der Waals surface area contributed by atoms with Gasteiger partial charge >= 0.3 is 0 Å². The van der Waals surface area contributed by atoms with Gasteiger partial charge in [0, 0.05) is 13.1 Å². The summed E-state index contributed by atoms with van der Waals surface area (Å²) < 4.78 is 12.8. The van der Waals surface area contributed by atoms with E-state index >= 15 is 0 Å². The van der Waals surface area contributed by atoms with Crippen molar-refractivity contribution < 1.29 is 4.39 Å². The second kappa shape index (κ2) is 3.93. The van der Waals surface area contributed by atoms with Crippen molar-refractivity contribution in [2.45, 2.75) is 0 Å². The molecule has 1 aromatic rings. The first kappa shape index (κ1) is 8.01. The van der Waals surface area contributed by atoms with E-state index in [9.17, 15) is 4.39 Å². The van der Waals surface area contributed by atoms with Gasteiger partial charge in [-0.25, -0.2) is 4.39 Å². The van der Waals surface area contributed by atoms with Crippen LogP contribution in [0, 0.1) is 5.82 Å². The Labute approximate surface area is 65.2 Å². The first-order valence-corrected chi connectivity index (χ1v) is 3.53. The summed E-state index contributed by atoms with van der Waals surface area (Å²) in [5, 5.41) is 2.86. The zero-order valence-electron chi connectivity index (χ0n) is 6.18. The number of halogens is 1. The summed E-state index contributed by atoms with van der Waals surface area (Å²) in [6.45, 7) is 1.11. The molecule has 0 aliphatic carbocycles. The molecule has 0 amide bonds. The van der Waals surface area contributed by atoms with Crippen molar-refractivity contribution in [3.8, 4) is 0 Å². The minimum atomic E-state index is -0.235. The molecular weight excluding hydrogens is 143 g/mol. The maximum absolute atomic E-state index is 12.8. The number of rotatable bonds is 3. The average Bonchev–Trinajstić information content (AvgIpc) is 2.03. The van der Waals surface area contributed by atoms with Crippen LogP contribution in [0.25, 0.3) is 0 Å². The van der Waals surface area contributed by atoms with Gasteiger partial charge in [0.05, 0.1) is 5.69 Å². The summed E-state index contributed by atoms with van der Waals surface area (Å²) in [6.07, 6.45) is 0. The first-order chi connectivity index (χ1) is 5.34. The molecule has 0 saturated carbocycles. The quantitative estimate of drug-likeness (QED) is 0.686. The van der Waals surface area contributed by atoms with E-state index in [4.69, 9.17) is 5.73 Å². The van der Waals surface area contributed by atoms with Crippen molar-refractivity contribution in [3.05, 3.63) is 30.1 Å². The number of benzene rings is 1. The lowest BCUT2D eigenvalue weighted by molar-refractivity contribution is 0.630. The van der Waals surface area contributed by atoms with Crippen LogP contribution in [0.1, 0.15) is 0 Å². The fraction of sp³-hybridized carbons (Fsp3) is 0.250. The molecule has 0 bridgehead atoms. The molecule has 0 radical (unpaired) electrons. The highest BCUT2D eigenvalue weighted by Crippen LogP contribution is 2.10. The number of nitrogens with one attached hydrogen (secondary N) is 1. The Bertz CT molecular complexity index is 225. The smallest absolute Gasteiger partial charge is 0.146 e. The number of anilines is 1. The highest BCUT2D eigenvalue weighted by Gasteiger charge is 1.96. The molecule has 0 aliphatic heterocycles. The Hall–Kier alpha value is -1.09. The largest absolute Gasteiger partial charge is 0.381 e. The van der Waals surface area contributed by atoms with Crippen LogP contribution in [0.2, 0.25) is 0 Å². The Morgan fingerprint density at radius 2 is 2.09 bits per heavy atom. The third-order valence-electron chi connectivity index (χ3n) is 1.33. The molecule has 1 rings (SSSR count). The Balaban J connectivity index is 2.62. The van der Waals surface area contributed by atoms with E-state index < -0.39 is 0 Å². The van der Waals surface area contributed by atoms with Crippen LogP contribution in [0.3, 0.4) is 0 Å². The lowest BCUT2D eigenvalue weighted by Crippen LogP contribution is -2.13. The third-order valence-corrected chi connectivity index (χ3v) is 1.33. The summed E-state index contributed by atoms with van der Waals surface area (Å²) >= 11 is 0. The highest BCUT2D eigenvalue weighted by molar-refractivity contribution is 5.44. The van der Waals surface area contributed by atoms with Crippen LogP contribution in [0.5, 0.6) is 0 Å². The summed E-state index contributed by atoms with van der Waals surface area (Å²) in [4.78, 5) is 0. The standard InChI is InChI=1S/C8H11FN2/c9-7-3-1-2-4-8(7)11-6-5-10/h1-4,11H,5-6,10H2. The van der Waals surface area contributed by atoms with Gasteiger partial charge in [-0.2, -0.15) is 0 Å². The molecule has 0 aliphatic rings. The van der Waals surface area contributed by atoms with Crippen molar-refractivity contribution in [1.82, 2.24) is 0 Å². The van der Waals surface area contributed by atoms with Gasteiger partial charge in [0.15, 0.2) is 0 Å². The van der Waals surface area contributed by atoms with Crippen molar-refractivity contribution in [2.24, 2.45) is 5.73 Å². The normalized spacial score (nSPS) is 9.64. The number of para-hydroxylation sites is 1. The Morgan fingerprint density at radius 1 is 1.36 bits per heavy atom. The fourth-order valence-corrected chi connectivity index (χ4v) is 0.811. The van der Waals surface area contributed by atoms with Crippen LogP contribution in [0.4, 0.5) is 10.1 Å². The zero-order valence-corrected chi connectivity index (χ0v) is 6.18. The third kappa shape index (κ3) is 2.20. The van der Waals surface area contributed by atoms with E-state index in [1.54, 1.807) is 18.2 Å². The summed E-state index contributed by atoms with van der Waals surface area (Å²) in [6, 6.07) is 6.54. The minimum Gasteiger partial charge on any atom is -0.381 e. The molecule has 0 atom stereocenters. The van der Waals surface area contributed by atoms with Gasteiger partial charge < -0.3 is 11.1 Å². The molecule has 3 N–H and O–H groups in total. The SMILES string of the molecule is NCCNc1ccccc1F. The van der Waals surface area contributed by atoms with Crippen LogP contribution in [0.15, 0.2) is 24.3 Å². The van der Waals surface area contributed by atoms with Gasteiger partial charge in [-0.15, -0.1) is 0 Å². The van der Waals surface area contributed by atoms with Crippen LogP contribution < -0.4 is 11.1 Å². The lowest BCUT2D eigenvalue weighted by atomic mass is 10.3. The fourth-order valence-electron chi connectivity index (χ4n) is 0.811. The van der Waals surface area contributed by atoms with E-state index in [0.717, 1.165) is 0 Å². The van der Waals surface area contributed by atoms with Gasteiger partial charge in [-0.05, 0) is 12.1 Å². The molecule has 11 heavy (non-hydrogen) atoms. The summed E-state index contributed by atoms with van der Waals surface area (Å²) in [7, 11) is 0. The van der Waals surface area contributed by atoms with Gasteiger partial charge in [0.1, 0.15) is 5.82 Å². The monoisotopic (exact) mass is 154 g/mol. The van der Waals surface area contributed by atoms with E-state index in [1.807, 2.05) is 0 Å². The molecule has 1 aromatic carbocycles. The van der Waals surface area contributed by atoms with Crippen molar-refractivity contribution in [3.63, 3.8) is 0 Å². The minimum absolute atomic E-state index is 0.235. The van der Waals surface area contributed by atoms with Crippen molar-refractivity contribution in [1.29, 1.82) is 0 Å². The second-order valence-corrected chi connectivity index (χ2v) is 2.20. The second-order valence-electron chi connectivity index (χ2n) is 2.20. The Kier molecular flexibility index (Phi) is 2.86. The molecule has 0 fully saturated rings. The Morgan fingerprint density at radius 3 is 2.73 bits per heavy atom. The summed E-state index contributed by atoms with van der Waals surface area (Å²) in [5.41, 5.74) is 5.75. The molecule has 0 heterocycles. The van der Waals surface area contributed by atoms with E-state index in [-0.39, 0.29) is 5.82 Å². The molecule has 0 spiro atoms. The van der Waals surface area contributed by atoms with Gasteiger partial charge in [0.2, 0.25) is 0 Å². The summed E-state index contributed by atoms with van der Waals surface area (Å²) in [5.74, 6) is -0.235. The molecule has 0 unspecified atom stereocenters. The lowest BCUT2D eigenvalue weighted by Gasteiger charge is -2.04. The predicted molar refractivity (Wildman–Crippen MR) is 43.9 cm³/mol. The average molecular weight is 154 g/mol. The predicted octanol–water partition coefficient (Wildman–Crippen LogP) is 1.20. The number of nitrogens with two attached hydrogens (primary N) is 1. The molecule has 2 nitrogen and oxygen atoms in total. The zero-order chi connectivity index (χ0) is 8.10. The van der Waals surface area contributed by atoms with E-state index in [2.05, 4.69) is 5.32 Å². The molecule has 3 heteroatoms. The molecular formula is C8H11FN2. The molecule has 0 aromatic heterocycles.